The highest BCUT2D eigenvalue weighted by Gasteiger charge is 2.09. The third kappa shape index (κ3) is 2.05. The van der Waals surface area contributed by atoms with Crippen molar-refractivity contribution >= 4 is 0 Å². The fraction of sp³-hybridized carbons (Fsp3) is 0.400. The van der Waals surface area contributed by atoms with Crippen LogP contribution in [-0.4, -0.2) is 5.11 Å². The van der Waals surface area contributed by atoms with Gasteiger partial charge in [-0.3, -0.25) is 0 Å². The average molecular weight is 168 g/mol. The first kappa shape index (κ1) is 9.20. The second-order valence-corrected chi connectivity index (χ2v) is 2.83. The largest absolute Gasteiger partial charge is 0.388 e. The molecule has 1 nitrogen and oxygen atoms in total. The van der Waals surface area contributed by atoms with Gasteiger partial charge in [-0.15, -0.1) is 0 Å². The Morgan fingerprint density at radius 3 is 2.67 bits per heavy atom. The molecule has 1 N–H and O–H groups in total. The van der Waals surface area contributed by atoms with Gasteiger partial charge in [0.2, 0.25) is 0 Å². The van der Waals surface area contributed by atoms with Gasteiger partial charge in [-0.25, -0.2) is 4.39 Å². The van der Waals surface area contributed by atoms with Crippen LogP contribution in [0.4, 0.5) is 4.39 Å². The van der Waals surface area contributed by atoms with Crippen molar-refractivity contribution in [3.8, 4) is 0 Å². The van der Waals surface area contributed by atoms with Gasteiger partial charge in [-0.1, -0.05) is 31.5 Å². The molecule has 1 rings (SSSR count). The normalized spacial score (nSPS) is 12.9. The molecule has 0 spiro atoms. The van der Waals surface area contributed by atoms with Crippen LogP contribution in [0.1, 0.15) is 31.4 Å². The smallest absolute Gasteiger partial charge is 0.128 e. The average Bonchev–Trinajstić information content (AvgIpc) is 2.05. The highest BCUT2D eigenvalue weighted by molar-refractivity contribution is 5.19. The van der Waals surface area contributed by atoms with E-state index in [1.54, 1.807) is 18.2 Å². The molecular weight excluding hydrogens is 155 g/mol. The van der Waals surface area contributed by atoms with Crippen molar-refractivity contribution in [1.82, 2.24) is 0 Å². The summed E-state index contributed by atoms with van der Waals surface area (Å²) in [6.07, 6.45) is 0.812. The predicted molar refractivity (Wildman–Crippen MR) is 46.3 cm³/mol. The van der Waals surface area contributed by atoms with Gasteiger partial charge < -0.3 is 5.11 Å². The van der Waals surface area contributed by atoms with Crippen LogP contribution >= 0.6 is 0 Å². The lowest BCUT2D eigenvalue weighted by atomic mass is 10.1. The third-order valence-corrected chi connectivity index (χ3v) is 1.83. The molecule has 0 heterocycles. The lowest BCUT2D eigenvalue weighted by Crippen LogP contribution is -1.99. The number of rotatable bonds is 3. The van der Waals surface area contributed by atoms with Crippen LogP contribution in [0.15, 0.2) is 24.3 Å². The van der Waals surface area contributed by atoms with Gasteiger partial charge in [0.05, 0.1) is 6.10 Å². The number of halogens is 1. The van der Waals surface area contributed by atoms with Gasteiger partial charge in [0, 0.05) is 5.56 Å². The zero-order valence-corrected chi connectivity index (χ0v) is 7.13. The van der Waals surface area contributed by atoms with E-state index in [0.29, 0.717) is 12.0 Å². The van der Waals surface area contributed by atoms with Crippen LogP contribution in [0.5, 0.6) is 0 Å². The molecule has 1 atom stereocenters. The lowest BCUT2D eigenvalue weighted by molar-refractivity contribution is 0.162. The molecule has 0 fully saturated rings. The van der Waals surface area contributed by atoms with Crippen molar-refractivity contribution in [2.24, 2.45) is 0 Å². The van der Waals surface area contributed by atoms with Crippen molar-refractivity contribution in [3.05, 3.63) is 35.6 Å². The SMILES string of the molecule is CCC[C@H](O)c1ccccc1F. The number of hydrogen-bond acceptors (Lipinski definition) is 1. The van der Waals surface area contributed by atoms with Gasteiger partial charge in [0.1, 0.15) is 5.82 Å². The lowest BCUT2D eigenvalue weighted by Gasteiger charge is -2.09. The molecule has 0 radical (unpaired) electrons. The number of hydrogen-bond donors (Lipinski definition) is 1. The highest BCUT2D eigenvalue weighted by atomic mass is 19.1. The third-order valence-electron chi connectivity index (χ3n) is 1.83. The van der Waals surface area contributed by atoms with E-state index in [1.165, 1.54) is 6.07 Å². The van der Waals surface area contributed by atoms with Gasteiger partial charge in [-0.05, 0) is 12.5 Å². The molecular formula is C10H13FO. The summed E-state index contributed by atoms with van der Waals surface area (Å²) in [5, 5.41) is 9.46. The van der Waals surface area contributed by atoms with Gasteiger partial charge in [-0.2, -0.15) is 0 Å². The van der Waals surface area contributed by atoms with Gasteiger partial charge in [0.25, 0.3) is 0 Å². The van der Waals surface area contributed by atoms with Gasteiger partial charge >= 0.3 is 0 Å². The predicted octanol–water partition coefficient (Wildman–Crippen LogP) is 2.66. The Kier molecular flexibility index (Phi) is 3.23. The Hall–Kier alpha value is -0.890. The summed E-state index contributed by atoms with van der Waals surface area (Å²) in [6, 6.07) is 6.35. The van der Waals surface area contributed by atoms with Crippen LogP contribution in [0, 0.1) is 5.82 Å². The monoisotopic (exact) mass is 168 g/mol. The van der Waals surface area contributed by atoms with E-state index in [0.717, 1.165) is 6.42 Å². The van der Waals surface area contributed by atoms with Crippen LogP contribution in [0.2, 0.25) is 0 Å². The molecule has 2 heteroatoms. The molecule has 1 aromatic carbocycles. The van der Waals surface area contributed by atoms with Gasteiger partial charge in [0.15, 0.2) is 0 Å². The van der Waals surface area contributed by atoms with E-state index in [-0.39, 0.29) is 5.82 Å². The van der Waals surface area contributed by atoms with Crippen molar-refractivity contribution in [1.29, 1.82) is 0 Å². The van der Waals surface area contributed by atoms with Crippen molar-refractivity contribution in [2.45, 2.75) is 25.9 Å². The van der Waals surface area contributed by atoms with E-state index in [2.05, 4.69) is 0 Å². The maximum atomic E-state index is 13.0. The van der Waals surface area contributed by atoms with E-state index >= 15 is 0 Å². The first-order valence-electron chi connectivity index (χ1n) is 4.18. The van der Waals surface area contributed by atoms with E-state index in [9.17, 15) is 9.50 Å². The first-order valence-corrected chi connectivity index (χ1v) is 4.18. The Labute approximate surface area is 71.9 Å². The summed E-state index contributed by atoms with van der Waals surface area (Å²) in [5.41, 5.74) is 0.402. The topological polar surface area (TPSA) is 20.2 Å². The van der Waals surface area contributed by atoms with E-state index < -0.39 is 6.10 Å². The summed E-state index contributed by atoms with van der Waals surface area (Å²) in [5.74, 6) is -0.321. The summed E-state index contributed by atoms with van der Waals surface area (Å²) in [6.45, 7) is 1.96. The molecule has 0 bridgehead atoms. The van der Waals surface area contributed by atoms with Crippen LogP contribution < -0.4 is 0 Å². The molecule has 0 aliphatic carbocycles. The summed E-state index contributed by atoms with van der Waals surface area (Å²) in [4.78, 5) is 0. The molecule has 0 aromatic heterocycles. The highest BCUT2D eigenvalue weighted by Crippen LogP contribution is 2.20. The second-order valence-electron chi connectivity index (χ2n) is 2.83. The van der Waals surface area contributed by atoms with E-state index in [4.69, 9.17) is 0 Å². The molecule has 0 amide bonds. The second kappa shape index (κ2) is 4.21. The maximum Gasteiger partial charge on any atom is 0.128 e. The van der Waals surface area contributed by atoms with E-state index in [1.807, 2.05) is 6.92 Å². The number of aliphatic hydroxyl groups excluding tert-OH is 1. The minimum Gasteiger partial charge on any atom is -0.388 e. The minimum atomic E-state index is -0.656. The van der Waals surface area contributed by atoms with Crippen molar-refractivity contribution in [3.63, 3.8) is 0 Å². The quantitative estimate of drug-likeness (QED) is 0.735. The Bertz CT molecular complexity index is 247. The molecule has 0 aliphatic heterocycles. The number of aliphatic hydroxyl groups is 1. The summed E-state index contributed by atoms with van der Waals surface area (Å²) < 4.78 is 13.0. The summed E-state index contributed by atoms with van der Waals surface area (Å²) in [7, 11) is 0. The Morgan fingerprint density at radius 2 is 2.08 bits per heavy atom. The molecule has 0 saturated heterocycles. The van der Waals surface area contributed by atoms with Crippen LogP contribution in [0.25, 0.3) is 0 Å². The Morgan fingerprint density at radius 1 is 1.42 bits per heavy atom. The number of benzene rings is 1. The zero-order valence-electron chi connectivity index (χ0n) is 7.13. The molecule has 0 unspecified atom stereocenters. The first-order chi connectivity index (χ1) is 5.75. The van der Waals surface area contributed by atoms with Crippen LogP contribution in [0.3, 0.4) is 0 Å². The van der Waals surface area contributed by atoms with Crippen molar-refractivity contribution < 1.29 is 9.50 Å². The molecule has 0 aliphatic rings. The molecule has 12 heavy (non-hydrogen) atoms. The zero-order chi connectivity index (χ0) is 8.97. The summed E-state index contributed by atoms with van der Waals surface area (Å²) >= 11 is 0. The molecule has 0 saturated carbocycles. The fourth-order valence-electron chi connectivity index (χ4n) is 1.17. The standard InChI is InChI=1S/C10H13FO/c1-2-5-10(12)8-6-3-4-7-9(8)11/h3-4,6-7,10,12H,2,5H2,1H3/t10-/m0/s1. The minimum absolute atomic E-state index is 0.321. The van der Waals surface area contributed by atoms with Crippen LogP contribution in [-0.2, 0) is 0 Å². The van der Waals surface area contributed by atoms with Crippen molar-refractivity contribution in [2.75, 3.05) is 0 Å². The Balaban J connectivity index is 2.79. The fourth-order valence-corrected chi connectivity index (χ4v) is 1.17. The maximum absolute atomic E-state index is 13.0. The molecule has 66 valence electrons. The molecule has 1 aromatic rings.